The Hall–Kier alpha value is -9.72. The Bertz CT molecular complexity index is 6670. The minimum atomic E-state index is -4.41. The Balaban J connectivity index is 0.000000119. The Morgan fingerprint density at radius 1 is 0.356 bits per heavy atom. The SMILES string of the molecule is Cc1ccc(Oc2ccc3c(c2)B(O)CC3)cc1.O=S(=O)(c1ccc(Cl)cc1)c1ccc2c(c1)B(O)CC2.O=S(=O)(c1ccccc1)N(c1ccc2c(c1)CCB2O)S(=O)(=O)c1ccccc1.O=S(c1ccc(Cl)cc1)c1ccc2c(c1)B(O)CC2.OB1CCc2ccc(Sc3ccc(Cl)cc3)cc21.OB1CCc2ccc(Sc3ccccn3)cc21.OB1CCc2cccc(F)c21. The maximum Gasteiger partial charge on any atom is 0.327 e. The molecule has 1 aromatic heterocycles. The number of sulfone groups is 1. The minimum Gasteiger partial charge on any atom is -0.457 e. The van der Waals surface area contributed by atoms with Gasteiger partial charge in [0.05, 0.1) is 36.1 Å². The Kier molecular flexibility index (Phi) is 32.1. The smallest absolute Gasteiger partial charge is 0.327 e. The van der Waals surface area contributed by atoms with Crippen molar-refractivity contribution in [3.63, 3.8) is 0 Å². The van der Waals surface area contributed by atoms with E-state index in [-0.39, 0.29) is 51.8 Å². The molecular formula is C98H89B7Cl3FN2O15S6. The van der Waals surface area contributed by atoms with Gasteiger partial charge in [-0.15, -0.1) is 0 Å². The molecule has 0 bridgehead atoms. The summed E-state index contributed by atoms with van der Waals surface area (Å²) in [6.07, 6.45) is 12.9. The van der Waals surface area contributed by atoms with Crippen molar-refractivity contribution in [3.05, 3.63) is 375 Å². The standard InChI is InChI=1S/C20H18BNO5S2.C15H15BO2.C14H12BClO3S.C14H12BClO2S.C14H12BClOS.C13H12BNOS.C8H8BFO/c23-21-14-13-16-15-17(11-12-20(16)21)22(28(24,25)18-7-3-1-4-8-18)29(26,27)19-9-5-2-6-10-19;1-11-2-5-13(6-3-11)18-14-7-4-12-8-9-16(17)15(12)10-14;16-11-2-5-12(6-3-11)20(18,19)13-4-1-10-7-8-15(17)14(10)9-13;16-11-2-5-12(6-3-11)19(18)13-4-1-10-7-8-15(17)14(10)9-13;16-11-2-5-12(6-3-11)18-13-4-1-10-7-8-15(17)14(10)9-13;16-14-7-6-10-4-5-11(9-12(10)14)17-13-3-1-2-8-15-13;10-7-3-1-2-6-4-5-9(11)8(6)7/h1-12,15,23H,13-14H2;2-7,10,17H,8-9H2,1H3;1-6,9,17H,7-8H2;1-6,9,17H,7-8H2;1-6,9,17H,7-8H2;1-5,8-9,16H,6-7H2;1-3,11H,4-5H2. The monoisotopic (exact) mass is 1930 g/mol. The fourth-order valence-electron chi connectivity index (χ4n) is 16.7. The molecule has 17 nitrogen and oxygen atoms in total. The average Bonchev–Trinajstić information content (AvgIpc) is 1.52. The Labute approximate surface area is 798 Å². The molecule has 21 rings (SSSR count). The van der Waals surface area contributed by atoms with E-state index in [0.29, 0.717) is 50.1 Å². The number of nitrogens with zero attached hydrogens (tertiary/aromatic N) is 2. The predicted octanol–water partition coefficient (Wildman–Crippen LogP) is 14.5. The molecule has 14 aromatic rings. The van der Waals surface area contributed by atoms with Gasteiger partial charge in [0, 0.05) is 45.7 Å². The number of benzene rings is 13. The number of rotatable bonds is 15. The first kappa shape index (κ1) is 96.8. The molecule has 0 amide bonds. The van der Waals surface area contributed by atoms with Crippen LogP contribution >= 0.6 is 58.3 Å². The lowest BCUT2D eigenvalue weighted by Crippen LogP contribution is -2.37. The lowest BCUT2D eigenvalue weighted by molar-refractivity contribution is 0.482. The lowest BCUT2D eigenvalue weighted by atomic mass is 9.63. The van der Waals surface area contributed by atoms with Crippen LogP contribution in [0.25, 0.3) is 0 Å². The maximum atomic E-state index is 13.4. The second-order valence-electron chi connectivity index (χ2n) is 32.6. The third kappa shape index (κ3) is 23.6. The number of aryl methyl sites for hydroxylation is 8. The summed E-state index contributed by atoms with van der Waals surface area (Å²) >= 11 is 20.8. The fraction of sp³-hybridized carbons (Fsp3) is 0.153. The second kappa shape index (κ2) is 43.7. The largest absolute Gasteiger partial charge is 0.457 e. The summed E-state index contributed by atoms with van der Waals surface area (Å²) in [7, 11) is -13.6. The van der Waals surface area contributed by atoms with Gasteiger partial charge in [0.25, 0.3) is 20.0 Å². The fourth-order valence-corrected chi connectivity index (χ4v) is 24.9. The van der Waals surface area contributed by atoms with Crippen LogP contribution in [0.4, 0.5) is 10.1 Å². The number of fused-ring (bicyclic) bond motifs is 7. The van der Waals surface area contributed by atoms with Gasteiger partial charge in [-0.1, -0.05) is 207 Å². The summed E-state index contributed by atoms with van der Waals surface area (Å²) in [5, 5.41) is 71.5. The van der Waals surface area contributed by atoms with Crippen LogP contribution < -0.4 is 46.7 Å². The van der Waals surface area contributed by atoms with Crippen LogP contribution in [-0.4, -0.2) is 118 Å². The number of ether oxygens (including phenoxy) is 1. The molecule has 34 heteroatoms. The van der Waals surface area contributed by atoms with E-state index in [1.807, 2.05) is 103 Å². The number of hydrogen-bond donors (Lipinski definition) is 7. The predicted molar refractivity (Wildman–Crippen MR) is 536 cm³/mol. The van der Waals surface area contributed by atoms with E-state index in [9.17, 15) is 69.0 Å². The molecule has 7 aliphatic heterocycles. The molecule has 7 N–H and O–H groups in total. The van der Waals surface area contributed by atoms with Crippen LogP contribution in [0.15, 0.2) is 359 Å². The molecule has 1 unspecified atom stereocenters. The van der Waals surface area contributed by atoms with E-state index in [2.05, 4.69) is 54.4 Å². The second-order valence-corrected chi connectivity index (χ2v) is 43.4. The van der Waals surface area contributed by atoms with Gasteiger partial charge in [-0.2, -0.15) is 3.71 Å². The van der Waals surface area contributed by atoms with Gasteiger partial charge in [-0.3, -0.25) is 0 Å². The summed E-state index contributed by atoms with van der Waals surface area (Å²) in [5.74, 6) is 1.35. The number of anilines is 1. The topological polar surface area (TPSA) is 286 Å². The van der Waals surface area contributed by atoms with Crippen molar-refractivity contribution in [2.45, 2.75) is 145 Å². The van der Waals surface area contributed by atoms with Crippen molar-refractivity contribution < 1.29 is 73.8 Å². The van der Waals surface area contributed by atoms with Crippen molar-refractivity contribution in [2.24, 2.45) is 0 Å². The van der Waals surface area contributed by atoms with Crippen LogP contribution in [0.5, 0.6) is 11.5 Å². The molecular weight excluding hydrogens is 1840 g/mol. The van der Waals surface area contributed by atoms with Crippen molar-refractivity contribution in [3.8, 4) is 11.5 Å². The molecule has 0 fully saturated rings. The van der Waals surface area contributed by atoms with Crippen molar-refractivity contribution in [2.75, 3.05) is 3.71 Å². The Morgan fingerprint density at radius 3 is 1.30 bits per heavy atom. The van der Waals surface area contributed by atoms with Gasteiger partial charge in [-0.25, -0.2) is 38.8 Å². The zero-order chi connectivity index (χ0) is 93.0. The quantitative estimate of drug-likeness (QED) is 0.0470. The van der Waals surface area contributed by atoms with Crippen LogP contribution in [0.1, 0.15) is 44.5 Å². The normalized spacial score (nSPS) is 14.2. The van der Waals surface area contributed by atoms with Gasteiger partial charge in [-0.05, 0) is 334 Å². The first-order chi connectivity index (χ1) is 63.5. The third-order valence-electron chi connectivity index (χ3n) is 23.7. The molecule has 0 saturated carbocycles. The minimum absolute atomic E-state index is 0.0190. The molecule has 8 heterocycles. The number of sulfonamides is 2. The van der Waals surface area contributed by atoms with Gasteiger partial charge in [0.1, 0.15) is 22.3 Å². The highest BCUT2D eigenvalue weighted by Gasteiger charge is 2.39. The van der Waals surface area contributed by atoms with Gasteiger partial charge >= 0.3 is 48.4 Å². The summed E-state index contributed by atoms with van der Waals surface area (Å²) in [5.41, 5.74) is 14.9. The molecule has 7 aliphatic rings. The van der Waals surface area contributed by atoms with Gasteiger partial charge in [0.2, 0.25) is 9.84 Å². The number of hydrogen-bond acceptors (Lipinski definition) is 18. The van der Waals surface area contributed by atoms with E-state index in [4.69, 9.17) is 39.5 Å². The maximum absolute atomic E-state index is 13.4. The molecule has 0 aliphatic carbocycles. The highest BCUT2D eigenvalue weighted by molar-refractivity contribution is 8.10. The summed E-state index contributed by atoms with van der Waals surface area (Å²) < 4.78 is 110. The molecule has 0 radical (unpaired) electrons. The van der Waals surface area contributed by atoms with Crippen molar-refractivity contribution >= 4 is 191 Å². The molecule has 666 valence electrons. The molecule has 132 heavy (non-hydrogen) atoms. The number of aromatic nitrogens is 1. The molecule has 13 aromatic carbocycles. The van der Waals surface area contributed by atoms with E-state index >= 15 is 0 Å². The van der Waals surface area contributed by atoms with Crippen LogP contribution in [-0.2, 0) is 85.6 Å². The highest BCUT2D eigenvalue weighted by atomic mass is 35.5. The molecule has 0 spiro atoms. The Morgan fingerprint density at radius 2 is 0.773 bits per heavy atom. The van der Waals surface area contributed by atoms with Gasteiger partial charge < -0.3 is 39.9 Å². The number of halogens is 4. The average molecular weight is 1930 g/mol. The van der Waals surface area contributed by atoms with E-state index in [1.54, 1.807) is 133 Å². The summed E-state index contributed by atoms with van der Waals surface area (Å²) in [4.78, 5) is 9.36. The highest BCUT2D eigenvalue weighted by Crippen LogP contribution is 2.36. The molecule has 0 saturated heterocycles. The van der Waals surface area contributed by atoms with E-state index in [0.717, 1.165) is 159 Å². The summed E-state index contributed by atoms with van der Waals surface area (Å²) in [6, 6.07) is 88.5. The van der Waals surface area contributed by atoms with Crippen LogP contribution in [0, 0.1) is 12.7 Å². The zero-order valence-electron chi connectivity index (χ0n) is 71.6. The first-order valence-corrected chi connectivity index (χ1v) is 51.5. The number of pyridine rings is 1. The third-order valence-corrected chi connectivity index (χ3v) is 33.8. The van der Waals surface area contributed by atoms with E-state index < -0.39 is 68.3 Å². The van der Waals surface area contributed by atoms with E-state index in [1.165, 1.54) is 76.9 Å². The lowest BCUT2D eigenvalue weighted by Gasteiger charge is -2.24. The van der Waals surface area contributed by atoms with Gasteiger partial charge in [0.15, 0.2) is 0 Å². The van der Waals surface area contributed by atoms with Crippen molar-refractivity contribution in [1.29, 1.82) is 0 Å². The zero-order valence-corrected chi connectivity index (χ0v) is 78.8. The molecule has 1 atom stereocenters. The first-order valence-electron chi connectivity index (χ1n) is 43.2. The van der Waals surface area contributed by atoms with Crippen LogP contribution in [0.2, 0.25) is 59.3 Å². The summed E-state index contributed by atoms with van der Waals surface area (Å²) in [6.45, 7) is -1.03. The van der Waals surface area contributed by atoms with Crippen LogP contribution in [0.3, 0.4) is 0 Å². The van der Waals surface area contributed by atoms with Crippen molar-refractivity contribution in [1.82, 2.24) is 4.98 Å².